The molecule has 234 valence electrons. The van der Waals surface area contributed by atoms with E-state index in [1.807, 2.05) is 50.3 Å². The van der Waals surface area contributed by atoms with Crippen LogP contribution in [0.25, 0.3) is 15.7 Å². The number of ether oxygens (including phenoxy) is 1. The lowest BCUT2D eigenvalue weighted by atomic mass is 10.0. The number of piperazine rings is 1. The molecule has 1 fully saturated rings. The summed E-state index contributed by atoms with van der Waals surface area (Å²) in [6, 6.07) is 16.4. The molecule has 10 heteroatoms. The molecule has 46 heavy (non-hydrogen) atoms. The number of para-hydroxylation sites is 1. The normalized spacial score (nSPS) is 13.5. The number of pyridine rings is 1. The van der Waals surface area contributed by atoms with Gasteiger partial charge in [0.25, 0.3) is 5.91 Å². The number of hydrogen-bond donors (Lipinski definition) is 2. The number of aryl methyl sites for hydroxylation is 1. The molecule has 2 N–H and O–H groups in total. The minimum atomic E-state index is -0.477. The Balaban J connectivity index is 1.18. The lowest BCUT2D eigenvalue weighted by Crippen LogP contribution is -2.50. The minimum absolute atomic E-state index is 0.183. The second kappa shape index (κ2) is 14.6. The van der Waals surface area contributed by atoms with Crippen LogP contribution in [0.1, 0.15) is 45.0 Å². The van der Waals surface area contributed by atoms with E-state index >= 15 is 0 Å². The number of urea groups is 1. The molecular formula is C36H35N5O4S. The van der Waals surface area contributed by atoms with Crippen molar-refractivity contribution in [1.29, 1.82) is 0 Å². The van der Waals surface area contributed by atoms with Gasteiger partial charge in [-0.25, -0.2) is 14.6 Å². The molecule has 0 bridgehead atoms. The van der Waals surface area contributed by atoms with E-state index in [1.54, 1.807) is 48.4 Å². The zero-order valence-electron chi connectivity index (χ0n) is 26.0. The molecule has 0 spiro atoms. The number of nitrogens with one attached hydrogen (secondary N) is 2. The van der Waals surface area contributed by atoms with Crippen LogP contribution in [0.5, 0.6) is 0 Å². The van der Waals surface area contributed by atoms with Crippen LogP contribution < -0.4 is 15.5 Å². The van der Waals surface area contributed by atoms with Gasteiger partial charge in [-0.2, -0.15) is 0 Å². The van der Waals surface area contributed by atoms with E-state index in [-0.39, 0.29) is 18.5 Å². The van der Waals surface area contributed by atoms with Crippen molar-refractivity contribution in [2.45, 2.75) is 20.8 Å². The maximum Gasteiger partial charge on any atom is 0.340 e. The maximum absolute atomic E-state index is 13.3. The number of anilines is 3. The van der Waals surface area contributed by atoms with Crippen LogP contribution in [0, 0.1) is 19.3 Å². The van der Waals surface area contributed by atoms with Crippen molar-refractivity contribution in [2.24, 2.45) is 0 Å². The molecule has 3 amide bonds. The molecule has 0 radical (unpaired) electrons. The fourth-order valence-electron chi connectivity index (χ4n) is 5.26. The molecule has 0 unspecified atom stereocenters. The number of carbonyl (C=O) groups is 3. The standard InChI is InChI=1S/C36H35N5O4S/c1-5-8-11-25(6-2)26-14-16-31-29(22-26)24(4)33(46-31)34(42)38-27-15-17-32(37-23-27)40-18-20-41(21-19-40)36(44)39-30-13-10-9-12-28(30)35(43)45-7-3/h1,6,8-17,22-23H,7,18-21H2,2-4H3,(H,38,42)(H,39,44)/b11-8-,25-6+. The average Bonchev–Trinajstić information content (AvgIpc) is 3.41. The summed E-state index contributed by atoms with van der Waals surface area (Å²) in [6.07, 6.45) is 12.6. The Morgan fingerprint density at radius 2 is 1.85 bits per heavy atom. The van der Waals surface area contributed by atoms with E-state index < -0.39 is 5.97 Å². The van der Waals surface area contributed by atoms with Gasteiger partial charge in [0.2, 0.25) is 0 Å². The van der Waals surface area contributed by atoms with E-state index in [9.17, 15) is 14.4 Å². The fourth-order valence-corrected chi connectivity index (χ4v) is 6.35. The molecule has 5 rings (SSSR count). The van der Waals surface area contributed by atoms with Crippen molar-refractivity contribution in [2.75, 3.05) is 48.3 Å². The Kier molecular flexibility index (Phi) is 10.1. The summed E-state index contributed by atoms with van der Waals surface area (Å²) in [5, 5.41) is 6.86. The van der Waals surface area contributed by atoms with Crippen molar-refractivity contribution >= 4 is 62.1 Å². The van der Waals surface area contributed by atoms with E-state index in [2.05, 4.69) is 32.5 Å². The highest BCUT2D eigenvalue weighted by atomic mass is 32.1. The number of terminal acetylenes is 1. The third-order valence-electron chi connectivity index (χ3n) is 7.71. The number of thiophene rings is 1. The number of rotatable bonds is 8. The molecule has 4 aromatic rings. The predicted molar refractivity (Wildman–Crippen MR) is 186 cm³/mol. The number of amides is 3. The summed E-state index contributed by atoms with van der Waals surface area (Å²) < 4.78 is 6.14. The van der Waals surface area contributed by atoms with Gasteiger partial charge in [-0.05, 0) is 91.4 Å². The zero-order valence-corrected chi connectivity index (χ0v) is 26.8. The number of esters is 1. The lowest BCUT2D eigenvalue weighted by Gasteiger charge is -2.35. The highest BCUT2D eigenvalue weighted by molar-refractivity contribution is 7.21. The average molecular weight is 634 g/mol. The SMILES string of the molecule is C#C/C=C\C(=C/C)c1ccc2sc(C(=O)Nc3ccc(N4CCN(C(=O)Nc5ccccc5C(=O)OCC)CC4)nc3)c(C)c2c1. The summed E-state index contributed by atoms with van der Waals surface area (Å²) in [7, 11) is 0. The molecule has 1 aliphatic heterocycles. The zero-order chi connectivity index (χ0) is 32.6. The topological polar surface area (TPSA) is 104 Å². The quantitative estimate of drug-likeness (QED) is 0.123. The third-order valence-corrected chi connectivity index (χ3v) is 8.98. The van der Waals surface area contributed by atoms with Crippen molar-refractivity contribution in [3.8, 4) is 12.3 Å². The summed E-state index contributed by atoms with van der Waals surface area (Å²) in [5.41, 5.74) is 4.31. The Morgan fingerprint density at radius 1 is 1.07 bits per heavy atom. The Bertz CT molecular complexity index is 1860. The molecular weight excluding hydrogens is 598 g/mol. The summed E-state index contributed by atoms with van der Waals surface area (Å²) in [4.78, 5) is 47.5. The monoisotopic (exact) mass is 633 g/mol. The van der Waals surface area contributed by atoms with Gasteiger partial charge >= 0.3 is 12.0 Å². The summed E-state index contributed by atoms with van der Waals surface area (Å²) in [6.45, 7) is 8.06. The van der Waals surface area contributed by atoms with Crippen LogP contribution in [0.2, 0.25) is 0 Å². The van der Waals surface area contributed by atoms with Gasteiger partial charge in [0, 0.05) is 30.9 Å². The number of aromatic nitrogens is 1. The number of allylic oxidation sites excluding steroid dienone is 4. The van der Waals surface area contributed by atoms with E-state index in [1.165, 1.54) is 11.3 Å². The lowest BCUT2D eigenvalue weighted by molar-refractivity contribution is 0.0527. The van der Waals surface area contributed by atoms with E-state index in [0.717, 1.165) is 32.6 Å². The Morgan fingerprint density at radius 3 is 2.54 bits per heavy atom. The Labute approximate surface area is 272 Å². The number of benzene rings is 2. The fraction of sp³-hybridized carbons (Fsp3) is 0.222. The molecule has 2 aromatic heterocycles. The van der Waals surface area contributed by atoms with Crippen LogP contribution in [0.3, 0.4) is 0 Å². The molecule has 1 aliphatic rings. The summed E-state index contributed by atoms with van der Waals surface area (Å²) >= 11 is 1.46. The third kappa shape index (κ3) is 7.11. The highest BCUT2D eigenvalue weighted by Gasteiger charge is 2.24. The highest BCUT2D eigenvalue weighted by Crippen LogP contribution is 2.34. The van der Waals surface area contributed by atoms with E-state index in [0.29, 0.717) is 48.0 Å². The first-order valence-corrected chi connectivity index (χ1v) is 15.8. The van der Waals surface area contributed by atoms with Crippen molar-refractivity contribution in [1.82, 2.24) is 9.88 Å². The molecule has 0 aliphatic carbocycles. The first-order valence-electron chi connectivity index (χ1n) is 15.0. The van der Waals surface area contributed by atoms with Crippen LogP contribution in [0.4, 0.5) is 22.0 Å². The molecule has 2 aromatic carbocycles. The van der Waals surface area contributed by atoms with Crippen molar-refractivity contribution < 1.29 is 19.1 Å². The predicted octanol–water partition coefficient (Wildman–Crippen LogP) is 6.98. The van der Waals surface area contributed by atoms with E-state index in [4.69, 9.17) is 11.2 Å². The number of nitrogens with zero attached hydrogens (tertiary/aromatic N) is 3. The second-order valence-electron chi connectivity index (χ2n) is 10.5. The van der Waals surface area contributed by atoms with Gasteiger partial charge in [0.1, 0.15) is 5.82 Å². The van der Waals surface area contributed by atoms with Gasteiger partial charge in [0.15, 0.2) is 0 Å². The maximum atomic E-state index is 13.3. The van der Waals surface area contributed by atoms with Gasteiger partial charge in [0.05, 0.1) is 34.6 Å². The molecule has 0 saturated carbocycles. The Hall–Kier alpha value is -5.40. The summed E-state index contributed by atoms with van der Waals surface area (Å²) in [5.74, 6) is 2.63. The van der Waals surface area contributed by atoms with Crippen molar-refractivity contribution in [3.63, 3.8) is 0 Å². The second-order valence-corrected chi connectivity index (χ2v) is 11.6. The van der Waals surface area contributed by atoms with Crippen LogP contribution in [-0.4, -0.2) is 60.6 Å². The van der Waals surface area contributed by atoms with Crippen molar-refractivity contribution in [3.05, 3.63) is 101 Å². The first kappa shape index (κ1) is 32.0. The van der Waals surface area contributed by atoms with Gasteiger partial charge in [-0.3, -0.25) is 4.79 Å². The number of fused-ring (bicyclic) bond motifs is 1. The van der Waals surface area contributed by atoms with Gasteiger partial charge in [-0.15, -0.1) is 17.8 Å². The molecule has 9 nitrogen and oxygen atoms in total. The van der Waals surface area contributed by atoms with Gasteiger partial charge < -0.3 is 25.2 Å². The van der Waals surface area contributed by atoms with Crippen LogP contribution in [-0.2, 0) is 4.74 Å². The van der Waals surface area contributed by atoms with Crippen LogP contribution in [0.15, 0.2) is 79.0 Å². The molecule has 0 atom stereocenters. The minimum Gasteiger partial charge on any atom is -0.462 e. The molecule has 3 heterocycles. The smallest absolute Gasteiger partial charge is 0.340 e. The number of hydrogen-bond acceptors (Lipinski definition) is 7. The molecule has 1 saturated heterocycles. The van der Waals surface area contributed by atoms with Crippen LogP contribution >= 0.6 is 11.3 Å². The largest absolute Gasteiger partial charge is 0.462 e. The first-order chi connectivity index (χ1) is 22.3. The van der Waals surface area contributed by atoms with Gasteiger partial charge in [-0.1, -0.05) is 30.2 Å². The number of carbonyl (C=O) groups excluding carboxylic acids is 3.